The van der Waals surface area contributed by atoms with Crippen molar-refractivity contribution < 1.29 is 14.2 Å². The molecule has 0 aliphatic carbocycles. The summed E-state index contributed by atoms with van der Waals surface area (Å²) in [6.45, 7) is 3.95. The number of piperidine rings is 1. The molecular formula is C15H22FNO2. The van der Waals surface area contributed by atoms with Crippen LogP contribution < -0.4 is 4.74 Å². The molecule has 1 aliphatic rings. The van der Waals surface area contributed by atoms with Gasteiger partial charge >= 0.3 is 0 Å². The van der Waals surface area contributed by atoms with Gasteiger partial charge in [0.05, 0.1) is 0 Å². The molecule has 0 saturated carbocycles. The molecule has 1 atom stereocenters. The molecule has 1 saturated heterocycles. The Balaban J connectivity index is 1.69. The lowest BCUT2D eigenvalue weighted by Gasteiger charge is -2.32. The molecule has 1 fully saturated rings. The van der Waals surface area contributed by atoms with Crippen LogP contribution in [0.2, 0.25) is 0 Å². The molecule has 2 rings (SSSR count). The number of rotatable bonds is 6. The molecule has 1 heterocycles. The van der Waals surface area contributed by atoms with Gasteiger partial charge in [0.25, 0.3) is 0 Å². The highest BCUT2D eigenvalue weighted by Crippen LogP contribution is 2.19. The third kappa shape index (κ3) is 4.80. The van der Waals surface area contributed by atoms with Crippen LogP contribution in [-0.2, 0) is 0 Å². The zero-order valence-electron chi connectivity index (χ0n) is 11.2. The van der Waals surface area contributed by atoms with Gasteiger partial charge in [-0.05, 0) is 56.0 Å². The maximum atomic E-state index is 12.7. The van der Waals surface area contributed by atoms with E-state index >= 15 is 0 Å². The summed E-state index contributed by atoms with van der Waals surface area (Å²) in [4.78, 5) is 2.38. The molecule has 3 nitrogen and oxygen atoms in total. The second-order valence-electron chi connectivity index (χ2n) is 5.12. The molecule has 1 aromatic carbocycles. The molecule has 0 aromatic heterocycles. The van der Waals surface area contributed by atoms with Crippen LogP contribution in [0.3, 0.4) is 0 Å². The summed E-state index contributed by atoms with van der Waals surface area (Å²) < 4.78 is 18.3. The molecule has 1 aliphatic heterocycles. The van der Waals surface area contributed by atoms with Gasteiger partial charge in [-0.15, -0.1) is 0 Å². The van der Waals surface area contributed by atoms with Gasteiger partial charge in [0.2, 0.25) is 0 Å². The average Bonchev–Trinajstić information content (AvgIpc) is 2.42. The first kappa shape index (κ1) is 14.3. The summed E-state index contributed by atoms with van der Waals surface area (Å²) in [7, 11) is 0. The van der Waals surface area contributed by atoms with Crippen LogP contribution >= 0.6 is 0 Å². The van der Waals surface area contributed by atoms with Gasteiger partial charge in [0, 0.05) is 19.7 Å². The van der Waals surface area contributed by atoms with Crippen molar-refractivity contribution >= 4 is 0 Å². The Morgan fingerprint density at radius 1 is 1.32 bits per heavy atom. The van der Waals surface area contributed by atoms with Gasteiger partial charge in [0.15, 0.2) is 0 Å². The van der Waals surface area contributed by atoms with Crippen LogP contribution in [0.15, 0.2) is 24.3 Å². The fraction of sp³-hybridized carbons (Fsp3) is 0.600. The van der Waals surface area contributed by atoms with Gasteiger partial charge in [-0.2, -0.15) is 0 Å². The van der Waals surface area contributed by atoms with Crippen molar-refractivity contribution in [3.63, 3.8) is 0 Å². The van der Waals surface area contributed by atoms with Crippen molar-refractivity contribution in [2.45, 2.75) is 19.3 Å². The van der Waals surface area contributed by atoms with E-state index in [9.17, 15) is 4.39 Å². The van der Waals surface area contributed by atoms with Crippen molar-refractivity contribution in [2.24, 2.45) is 5.92 Å². The minimum absolute atomic E-state index is 0.241. The number of aliphatic hydroxyl groups excluding tert-OH is 1. The van der Waals surface area contributed by atoms with Crippen molar-refractivity contribution in [3.8, 4) is 5.75 Å². The molecule has 1 unspecified atom stereocenters. The van der Waals surface area contributed by atoms with Crippen molar-refractivity contribution in [3.05, 3.63) is 30.1 Å². The number of hydrogen-bond donors (Lipinski definition) is 1. The second-order valence-corrected chi connectivity index (χ2v) is 5.12. The van der Waals surface area contributed by atoms with E-state index in [0.29, 0.717) is 18.3 Å². The molecule has 19 heavy (non-hydrogen) atoms. The Kier molecular flexibility index (Phi) is 5.61. The monoisotopic (exact) mass is 267 g/mol. The second kappa shape index (κ2) is 7.46. The zero-order valence-corrected chi connectivity index (χ0v) is 11.2. The fourth-order valence-corrected chi connectivity index (χ4v) is 2.60. The lowest BCUT2D eigenvalue weighted by atomic mass is 9.95. The standard InChI is InChI=1S/C15H22FNO2/c16-14-3-5-15(6-4-14)19-11-9-17-8-1-2-13(12-17)7-10-18/h3-6,13,18H,1-2,7-12H2. The highest BCUT2D eigenvalue weighted by atomic mass is 19.1. The van der Waals surface area contributed by atoms with Gasteiger partial charge in [0.1, 0.15) is 18.2 Å². The lowest BCUT2D eigenvalue weighted by molar-refractivity contribution is 0.129. The maximum absolute atomic E-state index is 12.7. The van der Waals surface area contributed by atoms with Crippen LogP contribution in [0, 0.1) is 11.7 Å². The minimum Gasteiger partial charge on any atom is -0.492 e. The van der Waals surface area contributed by atoms with Crippen LogP contribution in [0.4, 0.5) is 4.39 Å². The van der Waals surface area contributed by atoms with E-state index in [0.717, 1.165) is 26.1 Å². The van der Waals surface area contributed by atoms with Crippen LogP contribution in [0.25, 0.3) is 0 Å². The highest BCUT2D eigenvalue weighted by Gasteiger charge is 2.18. The lowest BCUT2D eigenvalue weighted by Crippen LogP contribution is -2.38. The van der Waals surface area contributed by atoms with Crippen LogP contribution in [0.5, 0.6) is 5.75 Å². The highest BCUT2D eigenvalue weighted by molar-refractivity contribution is 5.21. The molecule has 0 spiro atoms. The number of hydrogen-bond acceptors (Lipinski definition) is 3. The summed E-state index contributed by atoms with van der Waals surface area (Å²) in [6.07, 6.45) is 3.31. The van der Waals surface area contributed by atoms with E-state index in [4.69, 9.17) is 9.84 Å². The van der Waals surface area contributed by atoms with E-state index in [1.54, 1.807) is 12.1 Å². The Morgan fingerprint density at radius 2 is 2.11 bits per heavy atom. The molecule has 1 N–H and O–H groups in total. The average molecular weight is 267 g/mol. The van der Waals surface area contributed by atoms with Gasteiger partial charge in [-0.3, -0.25) is 4.90 Å². The van der Waals surface area contributed by atoms with Gasteiger partial charge in [-0.1, -0.05) is 0 Å². The number of ether oxygens (including phenoxy) is 1. The van der Waals surface area contributed by atoms with E-state index in [1.807, 2.05) is 0 Å². The molecular weight excluding hydrogens is 245 g/mol. The summed E-state index contributed by atoms with van der Waals surface area (Å²) in [5.41, 5.74) is 0. The first-order valence-corrected chi connectivity index (χ1v) is 6.99. The summed E-state index contributed by atoms with van der Waals surface area (Å²) >= 11 is 0. The first-order valence-electron chi connectivity index (χ1n) is 6.99. The number of likely N-dealkylation sites (tertiary alicyclic amines) is 1. The van der Waals surface area contributed by atoms with Gasteiger partial charge < -0.3 is 9.84 Å². The number of aliphatic hydroxyl groups is 1. The maximum Gasteiger partial charge on any atom is 0.123 e. The van der Waals surface area contributed by atoms with Crippen molar-refractivity contribution in [1.82, 2.24) is 4.90 Å². The third-order valence-electron chi connectivity index (χ3n) is 3.63. The Morgan fingerprint density at radius 3 is 2.84 bits per heavy atom. The number of nitrogens with zero attached hydrogens (tertiary/aromatic N) is 1. The third-order valence-corrected chi connectivity index (χ3v) is 3.63. The molecule has 0 amide bonds. The fourth-order valence-electron chi connectivity index (χ4n) is 2.60. The quantitative estimate of drug-likeness (QED) is 0.858. The van der Waals surface area contributed by atoms with Crippen LogP contribution in [0.1, 0.15) is 19.3 Å². The van der Waals surface area contributed by atoms with E-state index in [1.165, 1.54) is 25.0 Å². The molecule has 4 heteroatoms. The predicted molar refractivity (Wildman–Crippen MR) is 72.8 cm³/mol. The Hall–Kier alpha value is -1.13. The molecule has 0 bridgehead atoms. The topological polar surface area (TPSA) is 32.7 Å². The number of benzene rings is 1. The predicted octanol–water partition coefficient (Wildman–Crippen LogP) is 2.30. The molecule has 0 radical (unpaired) electrons. The Bertz CT molecular complexity index is 367. The van der Waals surface area contributed by atoms with Crippen molar-refractivity contribution in [2.75, 3.05) is 32.8 Å². The first-order chi connectivity index (χ1) is 9.28. The normalized spacial score (nSPS) is 20.4. The van der Waals surface area contributed by atoms with E-state index < -0.39 is 0 Å². The molecule has 106 valence electrons. The summed E-state index contributed by atoms with van der Waals surface area (Å²) in [6, 6.07) is 6.13. The zero-order chi connectivity index (χ0) is 13.5. The van der Waals surface area contributed by atoms with E-state index in [-0.39, 0.29) is 12.4 Å². The smallest absolute Gasteiger partial charge is 0.123 e. The SMILES string of the molecule is OCCC1CCCN(CCOc2ccc(F)cc2)C1. The van der Waals surface area contributed by atoms with E-state index in [2.05, 4.69) is 4.90 Å². The van der Waals surface area contributed by atoms with Crippen molar-refractivity contribution in [1.29, 1.82) is 0 Å². The van der Waals surface area contributed by atoms with Gasteiger partial charge in [-0.25, -0.2) is 4.39 Å². The summed E-state index contributed by atoms with van der Waals surface area (Å²) in [5, 5.41) is 8.98. The van der Waals surface area contributed by atoms with Crippen LogP contribution in [-0.4, -0.2) is 42.9 Å². The molecule has 1 aromatic rings. The Labute approximate surface area is 114 Å². The minimum atomic E-state index is -0.241. The largest absolute Gasteiger partial charge is 0.492 e. The number of halogens is 1. The summed E-state index contributed by atoms with van der Waals surface area (Å²) in [5.74, 6) is 1.09.